The summed E-state index contributed by atoms with van der Waals surface area (Å²) >= 11 is 0. The molecule has 16 heavy (non-hydrogen) atoms. The Kier molecular flexibility index (Phi) is 3.07. The van der Waals surface area contributed by atoms with Crippen LogP contribution in [-0.4, -0.2) is 5.11 Å². The highest BCUT2D eigenvalue weighted by Crippen LogP contribution is 2.42. The lowest BCUT2D eigenvalue weighted by Crippen LogP contribution is -2.35. The van der Waals surface area contributed by atoms with Gasteiger partial charge < -0.3 is 5.11 Å². The molecule has 1 aromatic carbocycles. The van der Waals surface area contributed by atoms with Crippen LogP contribution in [0.3, 0.4) is 0 Å². The first-order valence-corrected chi connectivity index (χ1v) is 6.29. The van der Waals surface area contributed by atoms with E-state index >= 15 is 0 Å². The number of aryl methyl sites for hydroxylation is 1. The van der Waals surface area contributed by atoms with Crippen molar-refractivity contribution in [3.8, 4) is 0 Å². The van der Waals surface area contributed by atoms with E-state index in [-0.39, 0.29) is 0 Å². The minimum Gasteiger partial charge on any atom is -0.385 e. The fourth-order valence-corrected chi connectivity index (χ4v) is 3.26. The summed E-state index contributed by atoms with van der Waals surface area (Å²) in [4.78, 5) is 0. The van der Waals surface area contributed by atoms with E-state index in [9.17, 15) is 5.11 Å². The SMILES string of the molecule is Cc1cccc(C2(O)CC(C)CC(C)C2)c1. The van der Waals surface area contributed by atoms with Gasteiger partial charge in [0.25, 0.3) is 0 Å². The molecule has 0 spiro atoms. The molecule has 2 rings (SSSR count). The highest BCUT2D eigenvalue weighted by molar-refractivity contribution is 5.28. The molecule has 1 heteroatoms. The van der Waals surface area contributed by atoms with Gasteiger partial charge in [-0.25, -0.2) is 0 Å². The summed E-state index contributed by atoms with van der Waals surface area (Å²) in [6.07, 6.45) is 3.05. The van der Waals surface area contributed by atoms with Gasteiger partial charge in [-0.2, -0.15) is 0 Å². The molecule has 1 fully saturated rings. The smallest absolute Gasteiger partial charge is 0.0901 e. The Balaban J connectivity index is 2.30. The van der Waals surface area contributed by atoms with Crippen molar-refractivity contribution in [3.63, 3.8) is 0 Å². The zero-order chi connectivity index (χ0) is 11.8. The van der Waals surface area contributed by atoms with Gasteiger partial charge in [0.05, 0.1) is 5.60 Å². The molecule has 0 heterocycles. The van der Waals surface area contributed by atoms with Crippen LogP contribution in [-0.2, 0) is 5.60 Å². The molecule has 1 saturated carbocycles. The normalized spacial score (nSPS) is 35.0. The Morgan fingerprint density at radius 2 is 1.81 bits per heavy atom. The standard InChI is InChI=1S/C15H22O/c1-11-5-4-6-14(8-11)15(16)9-12(2)7-13(3)10-15/h4-6,8,12-13,16H,7,9-10H2,1-3H3. The van der Waals surface area contributed by atoms with Crippen LogP contribution in [0.25, 0.3) is 0 Å². The second-order valence-electron chi connectivity index (χ2n) is 5.76. The van der Waals surface area contributed by atoms with Crippen molar-refractivity contribution in [1.82, 2.24) is 0 Å². The Morgan fingerprint density at radius 1 is 1.19 bits per heavy atom. The van der Waals surface area contributed by atoms with Gasteiger partial charge in [-0.1, -0.05) is 43.7 Å². The summed E-state index contributed by atoms with van der Waals surface area (Å²) in [7, 11) is 0. The molecule has 2 atom stereocenters. The van der Waals surface area contributed by atoms with Gasteiger partial charge in [0.1, 0.15) is 0 Å². The molecular formula is C15H22O. The van der Waals surface area contributed by atoms with Crippen molar-refractivity contribution >= 4 is 0 Å². The third-order valence-electron chi connectivity index (χ3n) is 3.73. The van der Waals surface area contributed by atoms with Crippen molar-refractivity contribution in [1.29, 1.82) is 0 Å². The predicted molar refractivity (Wildman–Crippen MR) is 67.3 cm³/mol. The summed E-state index contributed by atoms with van der Waals surface area (Å²) in [6, 6.07) is 8.33. The third kappa shape index (κ3) is 2.30. The van der Waals surface area contributed by atoms with Gasteiger partial charge in [0.2, 0.25) is 0 Å². The number of rotatable bonds is 1. The van der Waals surface area contributed by atoms with Crippen LogP contribution in [0.5, 0.6) is 0 Å². The molecule has 0 aromatic heterocycles. The molecule has 1 N–H and O–H groups in total. The molecule has 1 aliphatic rings. The Labute approximate surface area is 98.5 Å². The molecule has 0 saturated heterocycles. The zero-order valence-electron chi connectivity index (χ0n) is 10.5. The highest BCUT2D eigenvalue weighted by atomic mass is 16.3. The second-order valence-corrected chi connectivity index (χ2v) is 5.76. The lowest BCUT2D eigenvalue weighted by molar-refractivity contribution is -0.0363. The molecule has 0 aliphatic heterocycles. The molecule has 1 aromatic rings. The van der Waals surface area contributed by atoms with Gasteiger partial charge >= 0.3 is 0 Å². The van der Waals surface area contributed by atoms with Crippen LogP contribution in [0, 0.1) is 18.8 Å². The maximum absolute atomic E-state index is 10.8. The molecule has 88 valence electrons. The maximum atomic E-state index is 10.8. The van der Waals surface area contributed by atoms with E-state index in [1.165, 1.54) is 12.0 Å². The van der Waals surface area contributed by atoms with Gasteiger partial charge in [0.15, 0.2) is 0 Å². The Bertz CT molecular complexity index is 359. The van der Waals surface area contributed by atoms with Crippen LogP contribution in [0.15, 0.2) is 24.3 Å². The summed E-state index contributed by atoms with van der Waals surface area (Å²) in [5, 5.41) is 10.8. The van der Waals surface area contributed by atoms with Gasteiger partial charge in [-0.05, 0) is 43.6 Å². The van der Waals surface area contributed by atoms with E-state index < -0.39 is 5.60 Å². The largest absolute Gasteiger partial charge is 0.385 e. The van der Waals surface area contributed by atoms with Crippen molar-refractivity contribution < 1.29 is 5.11 Å². The minimum absolute atomic E-state index is 0.594. The number of hydrogen-bond acceptors (Lipinski definition) is 1. The summed E-state index contributed by atoms with van der Waals surface area (Å²) in [6.45, 7) is 6.58. The van der Waals surface area contributed by atoms with E-state index in [4.69, 9.17) is 0 Å². The lowest BCUT2D eigenvalue weighted by Gasteiger charge is -2.39. The number of aliphatic hydroxyl groups is 1. The fourth-order valence-electron chi connectivity index (χ4n) is 3.26. The molecule has 0 amide bonds. The predicted octanol–water partition coefficient (Wildman–Crippen LogP) is 3.64. The molecular weight excluding hydrogens is 196 g/mol. The van der Waals surface area contributed by atoms with Gasteiger partial charge in [-0.15, -0.1) is 0 Å². The molecule has 1 aliphatic carbocycles. The van der Waals surface area contributed by atoms with Crippen LogP contribution in [0.2, 0.25) is 0 Å². The van der Waals surface area contributed by atoms with E-state index in [0.29, 0.717) is 11.8 Å². The lowest BCUT2D eigenvalue weighted by atomic mass is 9.70. The fraction of sp³-hybridized carbons (Fsp3) is 0.600. The first-order chi connectivity index (χ1) is 7.49. The van der Waals surface area contributed by atoms with Crippen molar-refractivity contribution in [2.75, 3.05) is 0 Å². The van der Waals surface area contributed by atoms with Crippen LogP contribution in [0.1, 0.15) is 44.2 Å². The molecule has 1 nitrogen and oxygen atoms in total. The van der Waals surface area contributed by atoms with Crippen LogP contribution >= 0.6 is 0 Å². The van der Waals surface area contributed by atoms with Crippen molar-refractivity contribution in [2.45, 2.75) is 45.6 Å². The molecule has 0 radical (unpaired) electrons. The summed E-state index contributed by atoms with van der Waals surface area (Å²) in [5.41, 5.74) is 1.74. The Morgan fingerprint density at radius 3 is 2.38 bits per heavy atom. The highest BCUT2D eigenvalue weighted by Gasteiger charge is 2.37. The number of benzene rings is 1. The van der Waals surface area contributed by atoms with Crippen LogP contribution in [0.4, 0.5) is 0 Å². The topological polar surface area (TPSA) is 20.2 Å². The minimum atomic E-state index is -0.594. The molecule has 0 bridgehead atoms. The molecule has 2 unspecified atom stereocenters. The van der Waals surface area contributed by atoms with E-state index in [0.717, 1.165) is 18.4 Å². The van der Waals surface area contributed by atoms with Gasteiger partial charge in [0, 0.05) is 0 Å². The summed E-state index contributed by atoms with van der Waals surface area (Å²) < 4.78 is 0. The number of hydrogen-bond donors (Lipinski definition) is 1. The quantitative estimate of drug-likeness (QED) is 0.763. The van der Waals surface area contributed by atoms with E-state index in [2.05, 4.69) is 39.0 Å². The van der Waals surface area contributed by atoms with Crippen molar-refractivity contribution in [3.05, 3.63) is 35.4 Å². The Hall–Kier alpha value is -0.820. The van der Waals surface area contributed by atoms with E-state index in [1.807, 2.05) is 6.07 Å². The summed E-state index contributed by atoms with van der Waals surface area (Å²) in [5.74, 6) is 1.24. The first-order valence-electron chi connectivity index (χ1n) is 6.29. The second kappa shape index (κ2) is 4.21. The zero-order valence-corrected chi connectivity index (χ0v) is 10.5. The van der Waals surface area contributed by atoms with E-state index in [1.54, 1.807) is 0 Å². The third-order valence-corrected chi connectivity index (χ3v) is 3.73. The monoisotopic (exact) mass is 218 g/mol. The average molecular weight is 218 g/mol. The van der Waals surface area contributed by atoms with Gasteiger partial charge in [-0.3, -0.25) is 0 Å². The van der Waals surface area contributed by atoms with Crippen LogP contribution < -0.4 is 0 Å². The maximum Gasteiger partial charge on any atom is 0.0901 e. The first kappa shape index (κ1) is 11.7. The average Bonchev–Trinajstić information content (AvgIpc) is 2.15. The van der Waals surface area contributed by atoms with Crippen molar-refractivity contribution in [2.24, 2.45) is 11.8 Å².